The van der Waals surface area contributed by atoms with Crippen LogP contribution in [-0.4, -0.2) is 53.4 Å². The number of benzene rings is 1. The van der Waals surface area contributed by atoms with Gasteiger partial charge in [0.15, 0.2) is 0 Å². The molecule has 1 aliphatic rings. The second kappa shape index (κ2) is 7.40. The van der Waals surface area contributed by atoms with Gasteiger partial charge in [0, 0.05) is 37.5 Å². The lowest BCUT2D eigenvalue weighted by Crippen LogP contribution is -2.53. The van der Waals surface area contributed by atoms with Gasteiger partial charge in [0.25, 0.3) is 0 Å². The van der Waals surface area contributed by atoms with E-state index in [1.807, 2.05) is 10.3 Å². The molecule has 0 bridgehead atoms. The SMILES string of the molecule is CC1CN(C)CCN1C(=O)Cc1csc(Cc2ccc(F)cc2)n1. The summed E-state index contributed by atoms with van der Waals surface area (Å²) in [7, 11) is 2.08. The number of aromatic nitrogens is 1. The normalized spacial score (nSPS) is 18.8. The molecule has 1 aromatic heterocycles. The molecular formula is C18H22FN3OS. The number of hydrogen-bond acceptors (Lipinski definition) is 4. The van der Waals surface area contributed by atoms with Gasteiger partial charge in [-0.15, -0.1) is 11.3 Å². The Bertz CT molecular complexity index is 701. The number of hydrogen-bond donors (Lipinski definition) is 0. The number of piperazine rings is 1. The molecule has 1 saturated heterocycles. The van der Waals surface area contributed by atoms with E-state index in [0.29, 0.717) is 12.8 Å². The van der Waals surface area contributed by atoms with E-state index in [1.54, 1.807) is 23.5 Å². The van der Waals surface area contributed by atoms with Gasteiger partial charge >= 0.3 is 0 Å². The Morgan fingerprint density at radius 1 is 1.33 bits per heavy atom. The predicted molar refractivity (Wildman–Crippen MR) is 93.7 cm³/mol. The van der Waals surface area contributed by atoms with Gasteiger partial charge in [0.2, 0.25) is 5.91 Å². The monoisotopic (exact) mass is 347 g/mol. The van der Waals surface area contributed by atoms with E-state index >= 15 is 0 Å². The minimum Gasteiger partial charge on any atom is -0.337 e. The Kier molecular flexibility index (Phi) is 5.26. The summed E-state index contributed by atoms with van der Waals surface area (Å²) >= 11 is 1.55. The Hall–Kier alpha value is -1.79. The van der Waals surface area contributed by atoms with Crippen molar-refractivity contribution in [1.82, 2.24) is 14.8 Å². The molecule has 0 radical (unpaired) electrons. The van der Waals surface area contributed by atoms with Crippen LogP contribution in [0, 0.1) is 5.82 Å². The number of carbonyl (C=O) groups is 1. The molecule has 1 amide bonds. The topological polar surface area (TPSA) is 36.4 Å². The summed E-state index contributed by atoms with van der Waals surface area (Å²) < 4.78 is 12.9. The lowest BCUT2D eigenvalue weighted by molar-refractivity contribution is -0.134. The first-order valence-electron chi connectivity index (χ1n) is 8.17. The molecule has 2 heterocycles. The third kappa shape index (κ3) is 4.19. The molecule has 24 heavy (non-hydrogen) atoms. The van der Waals surface area contributed by atoms with Crippen LogP contribution in [0.4, 0.5) is 4.39 Å². The molecule has 2 aromatic rings. The fourth-order valence-corrected chi connectivity index (χ4v) is 3.88. The van der Waals surface area contributed by atoms with Gasteiger partial charge in [0.05, 0.1) is 17.1 Å². The maximum atomic E-state index is 12.9. The number of rotatable bonds is 4. The fraction of sp³-hybridized carbons (Fsp3) is 0.444. The molecule has 1 atom stereocenters. The van der Waals surface area contributed by atoms with E-state index in [1.165, 1.54) is 12.1 Å². The van der Waals surface area contributed by atoms with Crippen molar-refractivity contribution in [3.05, 3.63) is 51.7 Å². The van der Waals surface area contributed by atoms with Gasteiger partial charge in [-0.05, 0) is 31.7 Å². The predicted octanol–water partition coefficient (Wildman–Crippen LogP) is 2.58. The molecule has 0 saturated carbocycles. The molecule has 1 fully saturated rings. The summed E-state index contributed by atoms with van der Waals surface area (Å²) in [6.07, 6.45) is 1.03. The largest absolute Gasteiger partial charge is 0.337 e. The highest BCUT2D eigenvalue weighted by Gasteiger charge is 2.26. The van der Waals surface area contributed by atoms with E-state index in [2.05, 4.69) is 23.9 Å². The summed E-state index contributed by atoms with van der Waals surface area (Å²) in [4.78, 5) is 21.3. The number of nitrogens with zero attached hydrogens (tertiary/aromatic N) is 3. The zero-order chi connectivity index (χ0) is 17.1. The molecule has 0 spiro atoms. The van der Waals surface area contributed by atoms with E-state index in [0.717, 1.165) is 35.9 Å². The average Bonchev–Trinajstić information content (AvgIpc) is 2.96. The summed E-state index contributed by atoms with van der Waals surface area (Å²) in [5, 5.41) is 2.91. The Balaban J connectivity index is 1.59. The van der Waals surface area contributed by atoms with Crippen molar-refractivity contribution in [3.63, 3.8) is 0 Å². The molecule has 1 aromatic carbocycles. The summed E-state index contributed by atoms with van der Waals surface area (Å²) in [6, 6.07) is 6.71. The first kappa shape index (κ1) is 17.0. The molecule has 3 rings (SSSR count). The van der Waals surface area contributed by atoms with E-state index in [-0.39, 0.29) is 17.8 Å². The fourth-order valence-electron chi connectivity index (χ4n) is 3.05. The second-order valence-corrected chi connectivity index (χ2v) is 7.35. The van der Waals surface area contributed by atoms with Crippen molar-refractivity contribution in [2.45, 2.75) is 25.8 Å². The van der Waals surface area contributed by atoms with Crippen LogP contribution in [-0.2, 0) is 17.6 Å². The van der Waals surface area contributed by atoms with Gasteiger partial charge < -0.3 is 9.80 Å². The molecule has 0 aliphatic carbocycles. The zero-order valence-electron chi connectivity index (χ0n) is 14.0. The van der Waals surface area contributed by atoms with Crippen molar-refractivity contribution in [2.75, 3.05) is 26.7 Å². The maximum Gasteiger partial charge on any atom is 0.228 e. The Morgan fingerprint density at radius 2 is 2.08 bits per heavy atom. The van der Waals surface area contributed by atoms with Crippen molar-refractivity contribution in [2.24, 2.45) is 0 Å². The summed E-state index contributed by atoms with van der Waals surface area (Å²) in [6.45, 7) is 4.71. The molecule has 6 heteroatoms. The van der Waals surface area contributed by atoms with Gasteiger partial charge in [-0.2, -0.15) is 0 Å². The summed E-state index contributed by atoms with van der Waals surface area (Å²) in [5.74, 6) is -0.0836. The molecular weight excluding hydrogens is 325 g/mol. The van der Waals surface area contributed by atoms with Crippen LogP contribution in [0.15, 0.2) is 29.6 Å². The molecule has 1 aliphatic heterocycles. The Labute approximate surface area is 145 Å². The quantitative estimate of drug-likeness (QED) is 0.853. The number of likely N-dealkylation sites (N-methyl/N-ethyl adjacent to an activating group) is 1. The number of thiazole rings is 1. The number of halogens is 1. The lowest BCUT2D eigenvalue weighted by atomic mass is 10.1. The van der Waals surface area contributed by atoms with Gasteiger partial charge in [-0.3, -0.25) is 4.79 Å². The van der Waals surface area contributed by atoms with Crippen molar-refractivity contribution in [3.8, 4) is 0 Å². The van der Waals surface area contributed by atoms with Crippen LogP contribution in [0.25, 0.3) is 0 Å². The minimum absolute atomic E-state index is 0.147. The smallest absolute Gasteiger partial charge is 0.228 e. The maximum absolute atomic E-state index is 12.9. The third-order valence-corrected chi connectivity index (χ3v) is 5.25. The zero-order valence-corrected chi connectivity index (χ0v) is 14.9. The molecule has 0 N–H and O–H groups in total. The third-order valence-electron chi connectivity index (χ3n) is 4.35. The van der Waals surface area contributed by atoms with E-state index in [9.17, 15) is 9.18 Å². The molecule has 1 unspecified atom stereocenters. The van der Waals surface area contributed by atoms with E-state index < -0.39 is 0 Å². The number of amides is 1. The van der Waals surface area contributed by atoms with Crippen LogP contribution in [0.2, 0.25) is 0 Å². The summed E-state index contributed by atoms with van der Waals surface area (Å²) in [5.41, 5.74) is 1.85. The van der Waals surface area contributed by atoms with E-state index in [4.69, 9.17) is 0 Å². The van der Waals surface area contributed by atoms with Gasteiger partial charge in [0.1, 0.15) is 5.82 Å². The van der Waals surface area contributed by atoms with Gasteiger partial charge in [-0.25, -0.2) is 9.37 Å². The van der Waals surface area contributed by atoms with Crippen LogP contribution in [0.3, 0.4) is 0 Å². The van der Waals surface area contributed by atoms with Crippen molar-refractivity contribution in [1.29, 1.82) is 0 Å². The highest BCUT2D eigenvalue weighted by Crippen LogP contribution is 2.17. The first-order chi connectivity index (χ1) is 11.5. The van der Waals surface area contributed by atoms with Crippen LogP contribution in [0.5, 0.6) is 0 Å². The minimum atomic E-state index is -0.231. The van der Waals surface area contributed by atoms with Crippen LogP contribution in [0.1, 0.15) is 23.2 Å². The van der Waals surface area contributed by atoms with Crippen molar-refractivity contribution < 1.29 is 9.18 Å². The molecule has 128 valence electrons. The highest BCUT2D eigenvalue weighted by atomic mass is 32.1. The Morgan fingerprint density at radius 3 is 2.79 bits per heavy atom. The second-order valence-electron chi connectivity index (χ2n) is 6.41. The van der Waals surface area contributed by atoms with Gasteiger partial charge in [-0.1, -0.05) is 12.1 Å². The lowest BCUT2D eigenvalue weighted by Gasteiger charge is -2.38. The van der Waals surface area contributed by atoms with Crippen molar-refractivity contribution >= 4 is 17.2 Å². The standard InChI is InChI=1S/C18H22FN3OS/c1-13-11-21(2)7-8-22(13)18(23)10-16-12-24-17(20-16)9-14-3-5-15(19)6-4-14/h3-6,12-13H,7-11H2,1-2H3. The number of carbonyl (C=O) groups excluding carboxylic acids is 1. The van der Waals surface area contributed by atoms with Crippen LogP contribution < -0.4 is 0 Å². The molecule has 4 nitrogen and oxygen atoms in total. The van der Waals surface area contributed by atoms with Crippen LogP contribution >= 0.6 is 11.3 Å². The highest BCUT2D eigenvalue weighted by molar-refractivity contribution is 7.09. The average molecular weight is 347 g/mol. The first-order valence-corrected chi connectivity index (χ1v) is 9.05.